The molecule has 2 aromatic carbocycles. The third-order valence-electron chi connectivity index (χ3n) is 2.03. The van der Waals surface area contributed by atoms with Gasteiger partial charge in [0.2, 0.25) is 0 Å². The third-order valence-corrected chi connectivity index (χ3v) is 2.53. The molecule has 0 atom stereocenters. The molecule has 0 radical (unpaired) electrons. The Balaban J connectivity index is 2.62. The number of benzene rings is 2. The van der Waals surface area contributed by atoms with Gasteiger partial charge in [0, 0.05) is 0 Å². The van der Waals surface area contributed by atoms with Gasteiger partial charge in [-0.2, -0.15) is 0 Å². The van der Waals surface area contributed by atoms with Crippen LogP contribution >= 0.6 is 23.2 Å². The molecule has 66 valence electrons. The molecule has 0 amide bonds. The lowest BCUT2D eigenvalue weighted by Gasteiger charge is -2.03. The third kappa shape index (κ3) is 1.79. The summed E-state index contributed by atoms with van der Waals surface area (Å²) in [6, 6.07) is 14.1. The molecule has 13 heavy (non-hydrogen) atoms. The van der Waals surface area contributed by atoms with Crippen molar-refractivity contribution in [3.63, 3.8) is 0 Å². The fourth-order valence-corrected chi connectivity index (χ4v) is 1.61. The van der Waals surface area contributed by atoms with Crippen LogP contribution in [0, 0.1) is 0 Å². The Morgan fingerprint density at radius 1 is 0.846 bits per heavy atom. The zero-order valence-electron chi connectivity index (χ0n) is 6.87. The Morgan fingerprint density at radius 2 is 1.54 bits per heavy atom. The molecule has 0 bridgehead atoms. The van der Waals surface area contributed by atoms with Crippen LogP contribution in [0.2, 0.25) is 0 Å². The van der Waals surface area contributed by atoms with Crippen LogP contribution in [0.4, 0.5) is 0 Å². The minimum atomic E-state index is -0.440. The molecule has 0 spiro atoms. The van der Waals surface area contributed by atoms with Gasteiger partial charge in [0.1, 0.15) is 4.84 Å². The second-order valence-electron chi connectivity index (χ2n) is 2.91. The van der Waals surface area contributed by atoms with E-state index in [0.29, 0.717) is 0 Å². The second kappa shape index (κ2) is 3.57. The van der Waals surface area contributed by atoms with Crippen LogP contribution in [0.1, 0.15) is 10.4 Å². The smallest absolute Gasteiger partial charge is 0.100 e. The van der Waals surface area contributed by atoms with E-state index >= 15 is 0 Å². The Hall–Kier alpha value is -0.720. The van der Waals surface area contributed by atoms with Gasteiger partial charge >= 0.3 is 0 Å². The van der Waals surface area contributed by atoms with Crippen LogP contribution in [-0.4, -0.2) is 0 Å². The van der Waals surface area contributed by atoms with Crippen molar-refractivity contribution in [2.24, 2.45) is 0 Å². The summed E-state index contributed by atoms with van der Waals surface area (Å²) in [5.41, 5.74) is 0.946. The summed E-state index contributed by atoms with van der Waals surface area (Å²) in [6.07, 6.45) is 0. The van der Waals surface area contributed by atoms with Gasteiger partial charge in [-0.25, -0.2) is 0 Å². The summed E-state index contributed by atoms with van der Waals surface area (Å²) in [5, 5.41) is 2.38. The molecule has 0 fully saturated rings. The maximum absolute atomic E-state index is 5.77. The Morgan fingerprint density at radius 3 is 2.23 bits per heavy atom. The van der Waals surface area contributed by atoms with Crippen molar-refractivity contribution in [3.05, 3.63) is 48.0 Å². The molecule has 0 saturated heterocycles. The molecule has 0 aromatic heterocycles. The number of alkyl halides is 2. The maximum Gasteiger partial charge on any atom is 0.132 e. The summed E-state index contributed by atoms with van der Waals surface area (Å²) in [4.78, 5) is -0.440. The second-order valence-corrected chi connectivity index (χ2v) is 4.00. The molecular weight excluding hydrogens is 203 g/mol. The molecule has 0 saturated carbocycles. The van der Waals surface area contributed by atoms with Crippen molar-refractivity contribution >= 4 is 34.0 Å². The Labute approximate surface area is 87.1 Å². The van der Waals surface area contributed by atoms with Gasteiger partial charge in [0.25, 0.3) is 0 Å². The highest BCUT2D eigenvalue weighted by Crippen LogP contribution is 2.27. The van der Waals surface area contributed by atoms with Crippen LogP contribution in [-0.2, 0) is 0 Å². The van der Waals surface area contributed by atoms with Gasteiger partial charge in [-0.05, 0) is 22.4 Å². The highest BCUT2D eigenvalue weighted by atomic mass is 35.5. The lowest BCUT2D eigenvalue weighted by Crippen LogP contribution is -1.81. The van der Waals surface area contributed by atoms with E-state index < -0.39 is 4.84 Å². The van der Waals surface area contributed by atoms with Gasteiger partial charge in [0.15, 0.2) is 0 Å². The summed E-state index contributed by atoms with van der Waals surface area (Å²) < 4.78 is 0. The average molecular weight is 211 g/mol. The molecular formula is C11H8Cl2. The van der Waals surface area contributed by atoms with Crippen LogP contribution in [0.15, 0.2) is 42.5 Å². The van der Waals surface area contributed by atoms with E-state index in [-0.39, 0.29) is 0 Å². The lowest BCUT2D eigenvalue weighted by molar-refractivity contribution is 1.37. The summed E-state index contributed by atoms with van der Waals surface area (Å²) in [7, 11) is 0. The quantitative estimate of drug-likeness (QED) is 0.616. The molecule has 0 aliphatic rings. The van der Waals surface area contributed by atoms with E-state index in [9.17, 15) is 0 Å². The molecule has 0 heterocycles. The van der Waals surface area contributed by atoms with Gasteiger partial charge in [0.05, 0.1) is 0 Å². The van der Waals surface area contributed by atoms with Crippen LogP contribution in [0.3, 0.4) is 0 Å². The van der Waals surface area contributed by atoms with E-state index in [1.54, 1.807) is 0 Å². The fourth-order valence-electron chi connectivity index (χ4n) is 1.34. The average Bonchev–Trinajstić information content (AvgIpc) is 2.17. The van der Waals surface area contributed by atoms with E-state index in [2.05, 4.69) is 12.1 Å². The topological polar surface area (TPSA) is 0 Å². The number of hydrogen-bond acceptors (Lipinski definition) is 0. The summed E-state index contributed by atoms with van der Waals surface area (Å²) >= 11 is 11.5. The predicted octanol–water partition coefficient (Wildman–Crippen LogP) is 4.32. The maximum atomic E-state index is 5.77. The normalized spacial score (nSPS) is 11.0. The molecule has 2 aromatic rings. The van der Waals surface area contributed by atoms with Crippen molar-refractivity contribution < 1.29 is 0 Å². The summed E-state index contributed by atoms with van der Waals surface area (Å²) in [5.74, 6) is 0. The highest BCUT2D eigenvalue weighted by molar-refractivity contribution is 6.44. The van der Waals surface area contributed by atoms with E-state index in [1.807, 2.05) is 30.3 Å². The molecule has 0 unspecified atom stereocenters. The minimum absolute atomic E-state index is 0.440. The minimum Gasteiger partial charge on any atom is -0.100 e. The van der Waals surface area contributed by atoms with Crippen molar-refractivity contribution in [2.75, 3.05) is 0 Å². The first-order valence-electron chi connectivity index (χ1n) is 4.04. The first-order chi connectivity index (χ1) is 6.27. The molecule has 0 aliphatic carbocycles. The van der Waals surface area contributed by atoms with Crippen LogP contribution in [0.25, 0.3) is 10.8 Å². The molecule has 0 nitrogen and oxygen atoms in total. The number of rotatable bonds is 1. The van der Waals surface area contributed by atoms with Crippen LogP contribution < -0.4 is 0 Å². The Kier molecular flexibility index (Phi) is 2.43. The first kappa shape index (κ1) is 8.86. The number of fused-ring (bicyclic) bond motifs is 1. The molecule has 0 N–H and O–H groups in total. The SMILES string of the molecule is ClC(Cl)c1ccc2ccccc2c1. The zero-order valence-corrected chi connectivity index (χ0v) is 8.39. The Bertz CT molecular complexity index is 421. The van der Waals surface area contributed by atoms with Gasteiger partial charge < -0.3 is 0 Å². The number of halogens is 2. The monoisotopic (exact) mass is 210 g/mol. The highest BCUT2D eigenvalue weighted by Gasteiger charge is 2.02. The van der Waals surface area contributed by atoms with Crippen molar-refractivity contribution in [1.29, 1.82) is 0 Å². The van der Waals surface area contributed by atoms with Gasteiger partial charge in [-0.1, -0.05) is 36.4 Å². The summed E-state index contributed by atoms with van der Waals surface area (Å²) in [6.45, 7) is 0. The van der Waals surface area contributed by atoms with E-state index in [4.69, 9.17) is 23.2 Å². The lowest BCUT2D eigenvalue weighted by atomic mass is 10.1. The fraction of sp³-hybridized carbons (Fsp3) is 0.0909. The molecule has 2 rings (SSSR count). The molecule has 2 heteroatoms. The predicted molar refractivity (Wildman–Crippen MR) is 58.4 cm³/mol. The van der Waals surface area contributed by atoms with Gasteiger partial charge in [-0.3, -0.25) is 0 Å². The largest absolute Gasteiger partial charge is 0.132 e. The van der Waals surface area contributed by atoms with Gasteiger partial charge in [-0.15, -0.1) is 23.2 Å². The standard InChI is InChI=1S/C11H8Cl2/c12-11(13)10-6-5-8-3-1-2-4-9(8)7-10/h1-7,11H. The van der Waals surface area contributed by atoms with Crippen molar-refractivity contribution in [2.45, 2.75) is 4.84 Å². The van der Waals surface area contributed by atoms with Crippen molar-refractivity contribution in [3.8, 4) is 0 Å². The van der Waals surface area contributed by atoms with E-state index in [0.717, 1.165) is 5.56 Å². The van der Waals surface area contributed by atoms with E-state index in [1.165, 1.54) is 10.8 Å². The van der Waals surface area contributed by atoms with Crippen LogP contribution in [0.5, 0.6) is 0 Å². The zero-order chi connectivity index (χ0) is 9.26. The number of hydrogen-bond donors (Lipinski definition) is 0. The molecule has 0 aliphatic heterocycles. The van der Waals surface area contributed by atoms with Crippen molar-refractivity contribution in [1.82, 2.24) is 0 Å². The first-order valence-corrected chi connectivity index (χ1v) is 4.91.